The standard InChI is InChI=1S/C25H25FN2O4S/c1-2-32-23-13-9-21(10-14-23)27-33(30,31)24-8-4-6-19(16-24)25(29)28(22-11-12-22)17-18-5-3-7-20(26)15-18/h3-10,13-16,22,27H,2,11-12,17H2,1H3. The predicted molar refractivity (Wildman–Crippen MR) is 124 cm³/mol. The predicted octanol–water partition coefficient (Wildman–Crippen LogP) is 4.83. The number of carbonyl (C=O) groups excluding carboxylic acids is 1. The van der Waals surface area contributed by atoms with E-state index in [2.05, 4.69) is 4.72 Å². The number of hydrogen-bond donors (Lipinski definition) is 1. The van der Waals surface area contributed by atoms with Gasteiger partial charge >= 0.3 is 0 Å². The molecule has 3 aromatic rings. The van der Waals surface area contributed by atoms with Gasteiger partial charge in [-0.15, -0.1) is 0 Å². The highest BCUT2D eigenvalue weighted by molar-refractivity contribution is 7.92. The van der Waals surface area contributed by atoms with Crippen LogP contribution in [0.5, 0.6) is 5.75 Å². The van der Waals surface area contributed by atoms with Gasteiger partial charge in [0.1, 0.15) is 11.6 Å². The lowest BCUT2D eigenvalue weighted by Crippen LogP contribution is -2.32. The number of benzene rings is 3. The number of hydrogen-bond acceptors (Lipinski definition) is 4. The maximum atomic E-state index is 13.6. The van der Waals surface area contributed by atoms with Gasteiger partial charge in [0.2, 0.25) is 0 Å². The molecule has 3 aromatic carbocycles. The number of sulfonamides is 1. The lowest BCUT2D eigenvalue weighted by Gasteiger charge is -2.23. The third-order valence-electron chi connectivity index (χ3n) is 5.30. The lowest BCUT2D eigenvalue weighted by atomic mass is 10.1. The molecule has 1 N–H and O–H groups in total. The smallest absolute Gasteiger partial charge is 0.261 e. The molecule has 33 heavy (non-hydrogen) atoms. The van der Waals surface area contributed by atoms with Crippen LogP contribution in [0.1, 0.15) is 35.7 Å². The highest BCUT2D eigenvalue weighted by Gasteiger charge is 2.33. The minimum absolute atomic E-state index is 0.0104. The molecule has 0 spiro atoms. The van der Waals surface area contributed by atoms with Crippen molar-refractivity contribution in [1.82, 2.24) is 4.90 Å². The zero-order chi connectivity index (χ0) is 23.4. The van der Waals surface area contributed by atoms with Crippen molar-refractivity contribution in [2.45, 2.75) is 37.2 Å². The van der Waals surface area contributed by atoms with Crippen LogP contribution >= 0.6 is 0 Å². The summed E-state index contributed by atoms with van der Waals surface area (Å²) in [6.45, 7) is 2.65. The van der Waals surface area contributed by atoms with Crippen LogP contribution in [0.15, 0.2) is 77.7 Å². The highest BCUT2D eigenvalue weighted by Crippen LogP contribution is 2.30. The highest BCUT2D eigenvalue weighted by atomic mass is 32.2. The third-order valence-corrected chi connectivity index (χ3v) is 6.68. The van der Waals surface area contributed by atoms with Gasteiger partial charge in [-0.3, -0.25) is 9.52 Å². The normalized spacial score (nSPS) is 13.4. The average Bonchev–Trinajstić information content (AvgIpc) is 3.64. The summed E-state index contributed by atoms with van der Waals surface area (Å²) in [6.07, 6.45) is 1.75. The van der Waals surface area contributed by atoms with Crippen LogP contribution in [0.2, 0.25) is 0 Å². The molecular weight excluding hydrogens is 443 g/mol. The van der Waals surface area contributed by atoms with Gasteiger partial charge in [-0.05, 0) is 79.9 Å². The summed E-state index contributed by atoms with van der Waals surface area (Å²) in [4.78, 5) is 14.9. The number of nitrogens with zero attached hydrogens (tertiary/aromatic N) is 1. The van der Waals surface area contributed by atoms with Crippen LogP contribution in [0.4, 0.5) is 10.1 Å². The fraction of sp³-hybridized carbons (Fsp3) is 0.240. The third kappa shape index (κ3) is 5.70. The Kier molecular flexibility index (Phi) is 6.65. The second-order valence-corrected chi connectivity index (χ2v) is 9.57. The molecule has 1 amide bonds. The summed E-state index contributed by atoms with van der Waals surface area (Å²) in [5, 5.41) is 0. The fourth-order valence-corrected chi connectivity index (χ4v) is 4.65. The van der Waals surface area contributed by atoms with Gasteiger partial charge < -0.3 is 9.64 Å². The Labute approximate surface area is 193 Å². The zero-order valence-corrected chi connectivity index (χ0v) is 19.0. The van der Waals surface area contributed by atoms with E-state index >= 15 is 0 Å². The van der Waals surface area contributed by atoms with E-state index in [4.69, 9.17) is 4.74 Å². The molecule has 0 aliphatic heterocycles. The number of rotatable bonds is 9. The van der Waals surface area contributed by atoms with E-state index in [1.54, 1.807) is 53.4 Å². The summed E-state index contributed by atoms with van der Waals surface area (Å²) in [5.41, 5.74) is 1.35. The van der Waals surface area contributed by atoms with Crippen molar-refractivity contribution >= 4 is 21.6 Å². The van der Waals surface area contributed by atoms with Gasteiger partial charge in [0.25, 0.3) is 15.9 Å². The fourth-order valence-electron chi connectivity index (χ4n) is 3.55. The van der Waals surface area contributed by atoms with Gasteiger partial charge in [-0.1, -0.05) is 18.2 Å². The van der Waals surface area contributed by atoms with Crippen LogP contribution in [-0.2, 0) is 16.6 Å². The number of amides is 1. The van der Waals surface area contributed by atoms with E-state index in [1.807, 2.05) is 6.92 Å². The summed E-state index contributed by atoms with van der Waals surface area (Å²) < 4.78 is 47.3. The largest absolute Gasteiger partial charge is 0.494 e. The Morgan fingerprint density at radius 2 is 1.79 bits per heavy atom. The first-order chi connectivity index (χ1) is 15.9. The van der Waals surface area contributed by atoms with E-state index in [1.165, 1.54) is 24.3 Å². The van der Waals surface area contributed by atoms with E-state index in [9.17, 15) is 17.6 Å². The van der Waals surface area contributed by atoms with Crippen molar-refractivity contribution < 1.29 is 22.3 Å². The molecule has 1 aliphatic carbocycles. The molecular formula is C25H25FN2O4S. The molecule has 1 fully saturated rings. The molecule has 1 aliphatic rings. The quantitative estimate of drug-likeness (QED) is 0.488. The van der Waals surface area contributed by atoms with Crippen molar-refractivity contribution in [3.8, 4) is 5.75 Å². The van der Waals surface area contributed by atoms with Crippen LogP contribution in [-0.4, -0.2) is 31.9 Å². The summed E-state index contributed by atoms with van der Waals surface area (Å²) in [5.74, 6) is 0.00976. The van der Waals surface area contributed by atoms with Crippen molar-refractivity contribution in [3.63, 3.8) is 0 Å². The number of nitrogens with one attached hydrogen (secondary N) is 1. The second-order valence-electron chi connectivity index (χ2n) is 7.88. The maximum Gasteiger partial charge on any atom is 0.261 e. The monoisotopic (exact) mass is 468 g/mol. The Hall–Kier alpha value is -3.39. The molecule has 1 saturated carbocycles. The Bertz CT molecular complexity index is 1240. The van der Waals surface area contributed by atoms with E-state index < -0.39 is 10.0 Å². The first-order valence-electron chi connectivity index (χ1n) is 10.8. The Balaban J connectivity index is 1.53. The summed E-state index contributed by atoms with van der Waals surface area (Å²) in [7, 11) is -3.90. The number of carbonyl (C=O) groups is 1. The molecule has 0 heterocycles. The topological polar surface area (TPSA) is 75.7 Å². The van der Waals surface area contributed by atoms with Crippen LogP contribution < -0.4 is 9.46 Å². The average molecular weight is 469 g/mol. The molecule has 6 nitrogen and oxygen atoms in total. The second kappa shape index (κ2) is 9.62. The first-order valence-corrected chi connectivity index (χ1v) is 12.2. The number of anilines is 1. The number of halogens is 1. The van der Waals surface area contributed by atoms with Gasteiger partial charge in [0.15, 0.2) is 0 Å². The van der Waals surface area contributed by atoms with Gasteiger partial charge in [-0.25, -0.2) is 12.8 Å². The van der Waals surface area contributed by atoms with Crippen molar-refractivity contribution in [1.29, 1.82) is 0 Å². The minimum Gasteiger partial charge on any atom is -0.494 e. The summed E-state index contributed by atoms with van der Waals surface area (Å²) >= 11 is 0. The van der Waals surface area contributed by atoms with E-state index in [0.29, 0.717) is 23.6 Å². The SMILES string of the molecule is CCOc1ccc(NS(=O)(=O)c2cccc(C(=O)N(Cc3cccc(F)c3)C3CC3)c2)cc1. The van der Waals surface area contributed by atoms with Gasteiger partial charge in [0.05, 0.1) is 11.5 Å². The Morgan fingerprint density at radius 1 is 1.06 bits per heavy atom. The van der Waals surface area contributed by atoms with Crippen LogP contribution in [0.25, 0.3) is 0 Å². The minimum atomic E-state index is -3.90. The van der Waals surface area contributed by atoms with E-state index in [-0.39, 0.29) is 34.8 Å². The summed E-state index contributed by atoms with van der Waals surface area (Å²) in [6, 6.07) is 18.8. The van der Waals surface area contributed by atoms with Crippen molar-refractivity contribution in [3.05, 3.63) is 89.7 Å². The van der Waals surface area contributed by atoms with Crippen molar-refractivity contribution in [2.75, 3.05) is 11.3 Å². The maximum absolute atomic E-state index is 13.6. The molecule has 0 radical (unpaired) electrons. The molecule has 4 rings (SSSR count). The Morgan fingerprint density at radius 3 is 2.45 bits per heavy atom. The zero-order valence-electron chi connectivity index (χ0n) is 18.2. The molecule has 8 heteroatoms. The molecule has 0 atom stereocenters. The van der Waals surface area contributed by atoms with Gasteiger partial charge in [-0.2, -0.15) is 0 Å². The molecule has 0 aromatic heterocycles. The van der Waals surface area contributed by atoms with Crippen molar-refractivity contribution in [2.24, 2.45) is 0 Å². The molecule has 0 saturated heterocycles. The molecule has 0 bridgehead atoms. The lowest BCUT2D eigenvalue weighted by molar-refractivity contribution is 0.0729. The number of ether oxygens (including phenoxy) is 1. The van der Waals surface area contributed by atoms with Crippen LogP contribution in [0.3, 0.4) is 0 Å². The van der Waals surface area contributed by atoms with Crippen LogP contribution in [0, 0.1) is 5.82 Å². The molecule has 172 valence electrons. The molecule has 0 unspecified atom stereocenters. The van der Waals surface area contributed by atoms with Gasteiger partial charge in [0, 0.05) is 23.8 Å². The van der Waals surface area contributed by atoms with E-state index in [0.717, 1.165) is 12.8 Å². The first kappa shape index (κ1) is 22.8.